The van der Waals surface area contributed by atoms with Crippen LogP contribution in [0.25, 0.3) is 0 Å². The van der Waals surface area contributed by atoms with Crippen LogP contribution in [0.4, 0.5) is 4.39 Å². The topological polar surface area (TPSA) is 184 Å². The van der Waals surface area contributed by atoms with Gasteiger partial charge in [-0.25, -0.2) is 13.8 Å². The van der Waals surface area contributed by atoms with Gasteiger partial charge >= 0.3 is 25.4 Å². The van der Waals surface area contributed by atoms with Crippen molar-refractivity contribution in [3.05, 3.63) is 62.4 Å². The molecular weight excluding hydrogens is 592 g/mol. The van der Waals surface area contributed by atoms with E-state index < -0.39 is 73.5 Å². The SMILES string of the molecule is CC(=O)O[C@@H]1[C@@](F)(COP(=O)(NC(C)C(=O)OC(C)C)Oc2ccc(Cl)cc2)OC(n2ccc(=O)[nH]c2=O)[C@]1(C)O. The fraction of sp³-hybridized carbons (Fsp3) is 0.500. The van der Waals surface area contributed by atoms with Crippen LogP contribution in [0, 0.1) is 0 Å². The molecule has 0 bridgehead atoms. The molecule has 1 aliphatic heterocycles. The van der Waals surface area contributed by atoms with Gasteiger partial charge in [0, 0.05) is 24.2 Å². The number of ether oxygens (including phenoxy) is 3. The quantitative estimate of drug-likeness (QED) is 0.246. The Morgan fingerprint density at radius 1 is 1.24 bits per heavy atom. The molecule has 0 aliphatic carbocycles. The van der Waals surface area contributed by atoms with Gasteiger partial charge in [-0.3, -0.25) is 28.5 Å². The lowest BCUT2D eigenvalue weighted by Gasteiger charge is -2.31. The van der Waals surface area contributed by atoms with Crippen LogP contribution in [0.3, 0.4) is 0 Å². The highest BCUT2D eigenvalue weighted by molar-refractivity contribution is 7.52. The third-order valence-corrected chi connectivity index (χ3v) is 7.52. The van der Waals surface area contributed by atoms with Crippen molar-refractivity contribution >= 4 is 31.3 Å². The Hall–Kier alpha value is -3.07. The van der Waals surface area contributed by atoms with Gasteiger partial charge in [0.05, 0.1) is 6.10 Å². The number of aliphatic hydroxyl groups is 1. The molecule has 3 rings (SSSR count). The fourth-order valence-electron chi connectivity index (χ4n) is 3.89. The number of nitrogens with one attached hydrogen (secondary N) is 2. The summed E-state index contributed by atoms with van der Waals surface area (Å²) in [6.45, 7) is 5.15. The van der Waals surface area contributed by atoms with Crippen LogP contribution in [0.15, 0.2) is 46.1 Å². The Labute approximate surface area is 238 Å². The third-order valence-electron chi connectivity index (χ3n) is 5.65. The predicted molar refractivity (Wildman–Crippen MR) is 141 cm³/mol. The van der Waals surface area contributed by atoms with Gasteiger partial charge in [0.25, 0.3) is 11.4 Å². The van der Waals surface area contributed by atoms with E-state index in [1.807, 2.05) is 4.98 Å². The second kappa shape index (κ2) is 12.4. The molecule has 1 saturated heterocycles. The molecule has 17 heteroatoms. The number of hydrogen-bond acceptors (Lipinski definition) is 11. The minimum Gasteiger partial charge on any atom is -0.462 e. The van der Waals surface area contributed by atoms with Gasteiger partial charge in [-0.2, -0.15) is 5.09 Å². The smallest absolute Gasteiger partial charge is 0.459 e. The molecule has 1 fully saturated rings. The average molecular weight is 622 g/mol. The maximum absolute atomic E-state index is 16.5. The van der Waals surface area contributed by atoms with E-state index in [0.29, 0.717) is 9.59 Å². The first kappa shape index (κ1) is 32.4. The average Bonchev–Trinajstić information content (AvgIpc) is 3.04. The number of benzene rings is 1. The number of carbonyl (C=O) groups is 2. The largest absolute Gasteiger partial charge is 0.462 e. The summed E-state index contributed by atoms with van der Waals surface area (Å²) in [5.74, 6) is -5.14. The number of carbonyl (C=O) groups excluding carboxylic acids is 2. The van der Waals surface area contributed by atoms with Crippen molar-refractivity contribution in [3.8, 4) is 5.75 Å². The molecule has 6 atom stereocenters. The lowest BCUT2D eigenvalue weighted by Crippen LogP contribution is -2.52. The highest BCUT2D eigenvalue weighted by Gasteiger charge is 2.66. The van der Waals surface area contributed by atoms with Crippen molar-refractivity contribution in [2.24, 2.45) is 0 Å². The molecule has 2 heterocycles. The molecule has 0 amide bonds. The standard InChI is InChI=1S/C24H30ClFN3O11P/c1-13(2)37-19(32)14(3)28-41(35,40-17-8-6-16(25)7-9-17)36-12-24(26)20(38-15(4)30)23(5,34)21(39-24)29-11-10-18(31)27-22(29)33/h6-11,13-14,20-21,34H,12H2,1-5H3,(H,28,35)(H,27,31,33)/t14?,20-,21?,23+,24+,41?/m0/s1. The first-order chi connectivity index (χ1) is 19.0. The second-order valence-electron chi connectivity index (χ2n) is 9.64. The number of esters is 2. The molecule has 0 saturated carbocycles. The summed E-state index contributed by atoms with van der Waals surface area (Å²) in [6.07, 6.45) is -3.56. The zero-order valence-corrected chi connectivity index (χ0v) is 24.3. The Balaban J connectivity index is 1.96. The molecular formula is C24H30ClFN3O11P. The molecule has 226 valence electrons. The number of alkyl halides is 1. The minimum absolute atomic E-state index is 0.0453. The second-order valence-corrected chi connectivity index (χ2v) is 11.8. The van der Waals surface area contributed by atoms with Crippen LogP contribution in [0.1, 0.15) is 40.8 Å². The number of halogens is 2. The van der Waals surface area contributed by atoms with Crippen molar-refractivity contribution in [2.45, 2.75) is 70.6 Å². The lowest BCUT2D eigenvalue weighted by molar-refractivity contribution is -0.214. The van der Waals surface area contributed by atoms with Crippen LogP contribution in [0.5, 0.6) is 5.75 Å². The van der Waals surface area contributed by atoms with Gasteiger partial charge in [0.15, 0.2) is 12.3 Å². The molecule has 41 heavy (non-hydrogen) atoms. The Bertz CT molecular complexity index is 1430. The summed E-state index contributed by atoms with van der Waals surface area (Å²) in [4.78, 5) is 50.1. The summed E-state index contributed by atoms with van der Waals surface area (Å²) >= 11 is 5.88. The van der Waals surface area contributed by atoms with Crippen LogP contribution in [0.2, 0.25) is 5.02 Å². The highest BCUT2D eigenvalue weighted by atomic mass is 35.5. The number of aromatic amines is 1. The van der Waals surface area contributed by atoms with Crippen LogP contribution in [-0.2, 0) is 32.9 Å². The van der Waals surface area contributed by atoms with Crippen LogP contribution < -0.4 is 20.9 Å². The zero-order chi connectivity index (χ0) is 30.8. The van der Waals surface area contributed by atoms with Crippen LogP contribution in [-0.4, -0.2) is 62.9 Å². The molecule has 0 radical (unpaired) electrons. The van der Waals surface area contributed by atoms with Crippen molar-refractivity contribution in [2.75, 3.05) is 6.61 Å². The van der Waals surface area contributed by atoms with Gasteiger partial charge in [-0.05, 0) is 52.0 Å². The first-order valence-corrected chi connectivity index (χ1v) is 14.1. The molecule has 2 aromatic rings. The maximum atomic E-state index is 16.5. The van der Waals surface area contributed by atoms with E-state index >= 15 is 4.39 Å². The van der Waals surface area contributed by atoms with E-state index in [1.54, 1.807) is 13.8 Å². The number of aromatic nitrogens is 2. The molecule has 3 unspecified atom stereocenters. The van der Waals surface area contributed by atoms with E-state index in [0.717, 1.165) is 26.1 Å². The van der Waals surface area contributed by atoms with Gasteiger partial charge in [-0.1, -0.05) is 11.6 Å². The summed E-state index contributed by atoms with van der Waals surface area (Å²) in [6, 6.07) is 5.13. The summed E-state index contributed by atoms with van der Waals surface area (Å²) in [5, 5.41) is 13.9. The van der Waals surface area contributed by atoms with E-state index in [9.17, 15) is 28.8 Å². The monoisotopic (exact) mass is 621 g/mol. The lowest BCUT2D eigenvalue weighted by atomic mass is 9.95. The Morgan fingerprint density at radius 3 is 2.44 bits per heavy atom. The van der Waals surface area contributed by atoms with Crippen molar-refractivity contribution in [1.82, 2.24) is 14.6 Å². The molecule has 0 spiro atoms. The van der Waals surface area contributed by atoms with Crippen molar-refractivity contribution < 1.29 is 46.9 Å². The Morgan fingerprint density at radius 2 is 1.88 bits per heavy atom. The molecule has 3 N–H and O–H groups in total. The van der Waals surface area contributed by atoms with Crippen molar-refractivity contribution in [1.29, 1.82) is 0 Å². The Kier molecular flexibility index (Phi) is 9.84. The molecule has 14 nitrogen and oxygen atoms in total. The minimum atomic E-state index is -4.67. The van der Waals surface area contributed by atoms with Gasteiger partial charge in [-0.15, -0.1) is 0 Å². The van der Waals surface area contributed by atoms with Gasteiger partial charge in [0.2, 0.25) is 0 Å². The number of rotatable bonds is 11. The van der Waals surface area contributed by atoms with Gasteiger partial charge in [0.1, 0.15) is 24.0 Å². The normalized spacial score (nSPS) is 26.3. The molecule has 1 aliphatic rings. The first-order valence-electron chi connectivity index (χ1n) is 12.2. The molecule has 1 aromatic carbocycles. The van der Waals surface area contributed by atoms with Gasteiger partial charge < -0.3 is 23.8 Å². The van der Waals surface area contributed by atoms with Crippen molar-refractivity contribution in [3.63, 3.8) is 0 Å². The predicted octanol–water partition coefficient (Wildman–Crippen LogP) is 2.20. The number of nitrogens with zero attached hydrogens (tertiary/aromatic N) is 1. The van der Waals surface area contributed by atoms with E-state index in [2.05, 4.69) is 5.09 Å². The van der Waals surface area contributed by atoms with E-state index in [1.165, 1.54) is 31.2 Å². The van der Waals surface area contributed by atoms with E-state index in [4.69, 9.17) is 34.9 Å². The molecule has 1 aromatic heterocycles. The zero-order valence-electron chi connectivity index (χ0n) is 22.7. The highest BCUT2D eigenvalue weighted by Crippen LogP contribution is 2.51. The summed E-state index contributed by atoms with van der Waals surface area (Å²) < 4.78 is 57.3. The summed E-state index contributed by atoms with van der Waals surface area (Å²) in [5.41, 5.74) is -4.26. The number of H-pyrrole nitrogens is 1. The maximum Gasteiger partial charge on any atom is 0.459 e. The fourth-order valence-corrected chi connectivity index (χ4v) is 5.52. The van der Waals surface area contributed by atoms with E-state index in [-0.39, 0.29) is 5.75 Å². The summed E-state index contributed by atoms with van der Waals surface area (Å²) in [7, 11) is -4.67. The number of hydrogen-bond donors (Lipinski definition) is 3. The van der Waals surface area contributed by atoms with Crippen LogP contribution >= 0.6 is 19.3 Å². The third kappa shape index (κ3) is 7.82.